The van der Waals surface area contributed by atoms with E-state index >= 15 is 0 Å². The van der Waals surface area contributed by atoms with E-state index in [0.29, 0.717) is 51.2 Å². The van der Waals surface area contributed by atoms with Gasteiger partial charge in [0.1, 0.15) is 11.9 Å². The number of ether oxygens (including phenoxy) is 1. The number of benzene rings is 1. The van der Waals surface area contributed by atoms with Crippen LogP contribution in [0.3, 0.4) is 0 Å². The molecule has 0 bridgehead atoms. The maximum absolute atomic E-state index is 13.7. The van der Waals surface area contributed by atoms with Gasteiger partial charge < -0.3 is 14.5 Å². The highest BCUT2D eigenvalue weighted by atomic mass is 19.1. The van der Waals surface area contributed by atoms with Crippen LogP contribution < -0.4 is 0 Å². The molecular formula is C19H25FN2O3. The van der Waals surface area contributed by atoms with Crippen molar-refractivity contribution in [3.63, 3.8) is 0 Å². The molecular weight excluding hydrogens is 323 g/mol. The van der Waals surface area contributed by atoms with Crippen LogP contribution in [-0.4, -0.2) is 60.5 Å². The van der Waals surface area contributed by atoms with Gasteiger partial charge in [-0.2, -0.15) is 0 Å². The first-order valence-electron chi connectivity index (χ1n) is 9.07. The van der Waals surface area contributed by atoms with Gasteiger partial charge in [-0.1, -0.05) is 18.2 Å². The number of hydrogen-bond acceptors (Lipinski definition) is 3. The molecule has 0 aromatic heterocycles. The number of nitrogens with zero attached hydrogens (tertiary/aromatic N) is 2. The highest BCUT2D eigenvalue weighted by Gasteiger charge is 2.30. The number of carbonyl (C=O) groups is 2. The van der Waals surface area contributed by atoms with Crippen molar-refractivity contribution in [2.24, 2.45) is 0 Å². The van der Waals surface area contributed by atoms with E-state index in [1.165, 1.54) is 6.07 Å². The van der Waals surface area contributed by atoms with Gasteiger partial charge in [-0.15, -0.1) is 0 Å². The average molecular weight is 348 g/mol. The zero-order valence-corrected chi connectivity index (χ0v) is 14.5. The number of aryl methyl sites for hydroxylation is 1. The largest absolute Gasteiger partial charge is 0.368 e. The molecule has 6 heteroatoms. The van der Waals surface area contributed by atoms with Gasteiger partial charge >= 0.3 is 0 Å². The Kier molecular flexibility index (Phi) is 6.02. The summed E-state index contributed by atoms with van der Waals surface area (Å²) in [5.74, 6) is -0.188. The van der Waals surface area contributed by atoms with Crippen LogP contribution in [0.15, 0.2) is 24.3 Å². The lowest BCUT2D eigenvalue weighted by Gasteiger charge is -2.24. The van der Waals surface area contributed by atoms with Gasteiger partial charge in [-0.25, -0.2) is 4.39 Å². The molecule has 0 saturated carbocycles. The zero-order valence-electron chi connectivity index (χ0n) is 14.5. The standard InChI is InChI=1S/C19H25FN2O3/c20-16-6-2-1-5-15(16)8-9-18(23)21-10-4-11-22(13-12-21)19(24)17-7-3-14-25-17/h1-2,5-6,17H,3-4,7-14H2. The van der Waals surface area contributed by atoms with E-state index in [4.69, 9.17) is 4.74 Å². The molecule has 0 N–H and O–H groups in total. The van der Waals surface area contributed by atoms with Crippen molar-refractivity contribution in [3.8, 4) is 0 Å². The normalized spacial score (nSPS) is 21.2. The molecule has 2 heterocycles. The molecule has 1 atom stereocenters. The summed E-state index contributed by atoms with van der Waals surface area (Å²) in [6, 6.07) is 6.56. The summed E-state index contributed by atoms with van der Waals surface area (Å²) in [5, 5.41) is 0. The number of carbonyl (C=O) groups excluding carboxylic acids is 2. The Hall–Kier alpha value is -1.95. The Morgan fingerprint density at radius 2 is 1.84 bits per heavy atom. The second-order valence-corrected chi connectivity index (χ2v) is 6.65. The quantitative estimate of drug-likeness (QED) is 0.836. The first kappa shape index (κ1) is 17.9. The van der Waals surface area contributed by atoms with E-state index in [1.807, 2.05) is 4.90 Å². The van der Waals surface area contributed by atoms with Gasteiger partial charge in [0.2, 0.25) is 5.91 Å². The number of hydrogen-bond donors (Lipinski definition) is 0. The van der Waals surface area contributed by atoms with E-state index in [9.17, 15) is 14.0 Å². The van der Waals surface area contributed by atoms with E-state index in [1.54, 1.807) is 23.1 Å². The smallest absolute Gasteiger partial charge is 0.251 e. The summed E-state index contributed by atoms with van der Waals surface area (Å²) >= 11 is 0. The predicted octanol–water partition coefficient (Wildman–Crippen LogP) is 2.00. The summed E-state index contributed by atoms with van der Waals surface area (Å²) in [5.41, 5.74) is 0.570. The first-order valence-corrected chi connectivity index (χ1v) is 9.07. The summed E-state index contributed by atoms with van der Waals surface area (Å²) in [4.78, 5) is 28.5. The fraction of sp³-hybridized carbons (Fsp3) is 0.579. The first-order chi connectivity index (χ1) is 12.1. The molecule has 136 valence electrons. The van der Waals surface area contributed by atoms with Gasteiger partial charge in [-0.05, 0) is 37.3 Å². The van der Waals surface area contributed by atoms with E-state index in [-0.39, 0.29) is 23.7 Å². The van der Waals surface area contributed by atoms with Crippen LogP contribution in [0.2, 0.25) is 0 Å². The highest BCUT2D eigenvalue weighted by molar-refractivity contribution is 5.81. The van der Waals surface area contributed by atoms with Crippen molar-refractivity contribution in [2.75, 3.05) is 32.8 Å². The van der Waals surface area contributed by atoms with Crippen LogP contribution in [0, 0.1) is 5.82 Å². The SMILES string of the molecule is O=C(CCc1ccccc1F)N1CCCN(C(=O)C2CCCO2)CC1. The molecule has 3 rings (SSSR count). The molecule has 1 unspecified atom stereocenters. The van der Waals surface area contributed by atoms with Crippen molar-refractivity contribution < 1.29 is 18.7 Å². The second-order valence-electron chi connectivity index (χ2n) is 6.65. The fourth-order valence-corrected chi connectivity index (χ4v) is 3.46. The molecule has 25 heavy (non-hydrogen) atoms. The number of rotatable bonds is 4. The molecule has 0 spiro atoms. The molecule has 0 radical (unpaired) electrons. The van der Waals surface area contributed by atoms with E-state index < -0.39 is 0 Å². The molecule has 2 fully saturated rings. The maximum atomic E-state index is 13.7. The summed E-state index contributed by atoms with van der Waals surface area (Å²) < 4.78 is 19.1. The number of amides is 2. The fourth-order valence-electron chi connectivity index (χ4n) is 3.46. The monoisotopic (exact) mass is 348 g/mol. The summed E-state index contributed by atoms with van der Waals surface area (Å²) in [6.45, 7) is 3.05. The van der Waals surface area contributed by atoms with Gasteiger partial charge in [0, 0.05) is 39.2 Å². The van der Waals surface area contributed by atoms with E-state index in [0.717, 1.165) is 19.3 Å². The van der Waals surface area contributed by atoms with Crippen molar-refractivity contribution >= 4 is 11.8 Å². The van der Waals surface area contributed by atoms with Crippen LogP contribution in [0.4, 0.5) is 4.39 Å². The Balaban J connectivity index is 1.49. The Bertz CT molecular complexity index is 616. The Morgan fingerprint density at radius 3 is 2.60 bits per heavy atom. The third-order valence-electron chi connectivity index (χ3n) is 4.93. The molecule has 2 aliphatic rings. The molecule has 1 aromatic carbocycles. The van der Waals surface area contributed by atoms with E-state index in [2.05, 4.69) is 0 Å². The predicted molar refractivity (Wildman–Crippen MR) is 91.5 cm³/mol. The Morgan fingerprint density at radius 1 is 1.08 bits per heavy atom. The van der Waals surface area contributed by atoms with Crippen LogP contribution in [0.5, 0.6) is 0 Å². The van der Waals surface area contributed by atoms with Crippen molar-refractivity contribution in [3.05, 3.63) is 35.6 Å². The maximum Gasteiger partial charge on any atom is 0.251 e. The van der Waals surface area contributed by atoms with Crippen molar-refractivity contribution in [1.82, 2.24) is 9.80 Å². The van der Waals surface area contributed by atoms with Crippen LogP contribution in [0.25, 0.3) is 0 Å². The molecule has 1 aromatic rings. The topological polar surface area (TPSA) is 49.9 Å². The molecule has 2 aliphatic heterocycles. The zero-order chi connectivity index (χ0) is 17.6. The van der Waals surface area contributed by atoms with Crippen molar-refractivity contribution in [1.29, 1.82) is 0 Å². The van der Waals surface area contributed by atoms with Crippen LogP contribution in [0.1, 0.15) is 31.2 Å². The van der Waals surface area contributed by atoms with Gasteiger partial charge in [0.05, 0.1) is 0 Å². The summed E-state index contributed by atoms with van der Waals surface area (Å²) in [7, 11) is 0. The Labute approximate surface area is 147 Å². The molecule has 0 aliphatic carbocycles. The minimum absolute atomic E-state index is 0.0228. The molecule has 2 saturated heterocycles. The highest BCUT2D eigenvalue weighted by Crippen LogP contribution is 2.17. The lowest BCUT2D eigenvalue weighted by Crippen LogP contribution is -2.41. The van der Waals surface area contributed by atoms with Gasteiger partial charge in [0.25, 0.3) is 5.91 Å². The van der Waals surface area contributed by atoms with Crippen LogP contribution in [-0.2, 0) is 20.7 Å². The van der Waals surface area contributed by atoms with Gasteiger partial charge in [-0.3, -0.25) is 9.59 Å². The van der Waals surface area contributed by atoms with Crippen molar-refractivity contribution in [2.45, 2.75) is 38.2 Å². The third kappa shape index (κ3) is 4.57. The molecule has 2 amide bonds. The molecule has 5 nitrogen and oxygen atoms in total. The minimum Gasteiger partial charge on any atom is -0.368 e. The number of halogens is 1. The minimum atomic E-state index is -0.302. The van der Waals surface area contributed by atoms with Crippen LogP contribution >= 0.6 is 0 Å². The lowest BCUT2D eigenvalue weighted by molar-refractivity contribution is -0.141. The lowest BCUT2D eigenvalue weighted by atomic mass is 10.1. The second kappa shape index (κ2) is 8.43. The summed E-state index contributed by atoms with van der Waals surface area (Å²) in [6.07, 6.45) is 2.89. The van der Waals surface area contributed by atoms with Gasteiger partial charge in [0.15, 0.2) is 0 Å². The third-order valence-corrected chi connectivity index (χ3v) is 4.93. The average Bonchev–Trinajstić information content (AvgIpc) is 3.04.